The Kier molecular flexibility index (Phi) is 4.78. The Morgan fingerprint density at radius 2 is 1.37 bits per heavy atom. The van der Waals surface area contributed by atoms with E-state index in [4.69, 9.17) is 0 Å². The van der Waals surface area contributed by atoms with Gasteiger partial charge in [0.15, 0.2) is 5.65 Å². The van der Waals surface area contributed by atoms with Crippen LogP contribution in [0.1, 0.15) is 0 Å². The first-order valence-corrected chi connectivity index (χ1v) is 8.28. The lowest BCUT2D eigenvalue weighted by Crippen LogP contribution is -1.82. The summed E-state index contributed by atoms with van der Waals surface area (Å²) in [6.45, 7) is 0. The molecule has 0 bridgehead atoms. The van der Waals surface area contributed by atoms with Crippen LogP contribution in [0.4, 0.5) is 0 Å². The van der Waals surface area contributed by atoms with Crippen LogP contribution in [0.15, 0.2) is 91.6 Å². The Morgan fingerprint density at radius 1 is 0.667 bits per heavy atom. The summed E-state index contributed by atoms with van der Waals surface area (Å²) in [7, 11) is 0. The molecule has 0 aliphatic carbocycles. The molecule has 0 fully saturated rings. The average Bonchev–Trinajstić information content (AvgIpc) is 3.48. The summed E-state index contributed by atoms with van der Waals surface area (Å²) >= 11 is 0. The number of fused-ring (bicyclic) bond motifs is 3. The fraction of sp³-hybridized carbons (Fsp3) is 0. The predicted octanol–water partition coefficient (Wildman–Crippen LogP) is 3.02. The normalized spacial score (nSPS) is 10.2. The number of aromatic amines is 1. The molecule has 0 spiro atoms. The van der Waals surface area contributed by atoms with E-state index < -0.39 is 0 Å². The first-order chi connectivity index (χ1) is 13.4. The van der Waals surface area contributed by atoms with E-state index >= 15 is 0 Å². The second-order valence-electron chi connectivity index (χ2n) is 5.48. The summed E-state index contributed by atoms with van der Waals surface area (Å²) in [6.07, 6.45) is 7.11. The van der Waals surface area contributed by atoms with Crippen LogP contribution in [0, 0.1) is 0 Å². The zero-order valence-electron chi connectivity index (χ0n) is 14.3. The molecule has 0 amide bonds. The topological polar surface area (TPSA) is 89.1 Å². The molecule has 0 atom stereocenters. The van der Waals surface area contributed by atoms with E-state index in [9.17, 15) is 0 Å². The number of nitrogens with zero attached hydrogens (tertiary/aromatic N) is 7. The fourth-order valence-electron chi connectivity index (χ4n) is 2.42. The van der Waals surface area contributed by atoms with Crippen molar-refractivity contribution in [3.63, 3.8) is 0 Å². The van der Waals surface area contributed by atoms with Gasteiger partial charge in [0.2, 0.25) is 0 Å². The van der Waals surface area contributed by atoms with Gasteiger partial charge in [-0.1, -0.05) is 24.3 Å². The molecule has 0 saturated heterocycles. The van der Waals surface area contributed by atoms with Gasteiger partial charge in [-0.2, -0.15) is 25.6 Å². The van der Waals surface area contributed by atoms with Crippen LogP contribution in [0.2, 0.25) is 0 Å². The SMILES string of the molecule is c1ccc2n[nH]nc2c1.c1ccn2nccc2c1.c1ccn2ncnc2c1. The first kappa shape index (κ1) is 16.4. The van der Waals surface area contributed by atoms with Crippen LogP contribution in [0.5, 0.6) is 0 Å². The lowest BCUT2D eigenvalue weighted by molar-refractivity contribution is 0.959. The summed E-state index contributed by atoms with van der Waals surface area (Å²) < 4.78 is 3.56. The summed E-state index contributed by atoms with van der Waals surface area (Å²) in [5.74, 6) is 0. The van der Waals surface area contributed by atoms with Gasteiger partial charge < -0.3 is 0 Å². The highest BCUT2D eigenvalue weighted by atomic mass is 15.3. The standard InChI is InChI=1S/C7H6N2.2C6H5N3/c1-2-6-9-7(3-1)4-5-8-9;1-2-4-9-6(3-1)7-5-8-9;1-2-4-6-5(3-1)7-9-8-6/h1-6H;1-5H;1-4H,(H,7,8,9). The second-order valence-corrected chi connectivity index (χ2v) is 5.48. The average molecular weight is 356 g/mol. The van der Waals surface area contributed by atoms with E-state index in [1.807, 2.05) is 83.6 Å². The highest BCUT2D eigenvalue weighted by Crippen LogP contribution is 2.03. The van der Waals surface area contributed by atoms with Crippen LogP contribution in [0.3, 0.4) is 0 Å². The molecule has 1 N–H and O–H groups in total. The molecule has 27 heavy (non-hydrogen) atoms. The molecule has 8 nitrogen and oxygen atoms in total. The summed E-state index contributed by atoms with van der Waals surface area (Å²) in [6, 6.07) is 21.4. The van der Waals surface area contributed by atoms with Gasteiger partial charge in [0, 0.05) is 18.6 Å². The van der Waals surface area contributed by atoms with Gasteiger partial charge in [0.1, 0.15) is 17.4 Å². The maximum Gasteiger partial charge on any atom is 0.155 e. The molecule has 0 radical (unpaired) electrons. The Morgan fingerprint density at radius 3 is 2.11 bits per heavy atom. The predicted molar refractivity (Wildman–Crippen MR) is 102 cm³/mol. The number of para-hydroxylation sites is 2. The largest absolute Gasteiger partial charge is 0.241 e. The second kappa shape index (κ2) is 7.87. The molecular weight excluding hydrogens is 340 g/mol. The summed E-state index contributed by atoms with van der Waals surface area (Å²) in [5.41, 5.74) is 3.85. The van der Waals surface area contributed by atoms with Gasteiger partial charge in [-0.25, -0.2) is 14.0 Å². The van der Waals surface area contributed by atoms with Crippen molar-refractivity contribution in [2.75, 3.05) is 0 Å². The Hall–Kier alpha value is -4.07. The minimum Gasteiger partial charge on any atom is -0.241 e. The van der Waals surface area contributed by atoms with Crippen molar-refractivity contribution >= 4 is 22.2 Å². The van der Waals surface area contributed by atoms with Crippen LogP contribution in [-0.4, -0.2) is 39.6 Å². The van der Waals surface area contributed by atoms with E-state index in [2.05, 4.69) is 30.6 Å². The number of benzene rings is 1. The maximum absolute atomic E-state index is 4.04. The van der Waals surface area contributed by atoms with Crippen LogP contribution >= 0.6 is 0 Å². The number of nitrogens with one attached hydrogen (secondary N) is 1. The third-order valence-corrected chi connectivity index (χ3v) is 3.71. The molecule has 0 aliphatic rings. The molecular formula is C19H16N8. The minimum atomic E-state index is 0.887. The molecule has 6 rings (SSSR count). The maximum atomic E-state index is 4.04. The molecule has 0 aliphatic heterocycles. The number of aromatic nitrogens is 8. The zero-order valence-corrected chi connectivity index (χ0v) is 14.3. The Labute approximate surface area is 154 Å². The molecule has 5 heterocycles. The number of rotatable bonds is 0. The van der Waals surface area contributed by atoms with Crippen molar-refractivity contribution in [1.29, 1.82) is 0 Å². The van der Waals surface area contributed by atoms with Crippen LogP contribution in [-0.2, 0) is 0 Å². The van der Waals surface area contributed by atoms with Gasteiger partial charge in [-0.15, -0.1) is 0 Å². The van der Waals surface area contributed by atoms with Gasteiger partial charge in [-0.3, -0.25) is 0 Å². The zero-order chi connectivity index (χ0) is 18.3. The molecule has 0 saturated carbocycles. The number of hydrogen-bond donors (Lipinski definition) is 1. The van der Waals surface area contributed by atoms with E-state index in [0.29, 0.717) is 0 Å². The van der Waals surface area contributed by atoms with E-state index in [1.54, 1.807) is 10.7 Å². The number of hydrogen-bond acceptors (Lipinski definition) is 5. The lowest BCUT2D eigenvalue weighted by Gasteiger charge is -1.86. The van der Waals surface area contributed by atoms with Gasteiger partial charge in [0.25, 0.3) is 0 Å². The minimum absolute atomic E-state index is 0.887. The fourth-order valence-corrected chi connectivity index (χ4v) is 2.42. The quantitative estimate of drug-likeness (QED) is 0.452. The molecule has 0 unspecified atom stereocenters. The van der Waals surface area contributed by atoms with E-state index in [1.165, 1.54) is 6.33 Å². The van der Waals surface area contributed by atoms with Gasteiger partial charge in [-0.05, 0) is 42.5 Å². The van der Waals surface area contributed by atoms with Crippen molar-refractivity contribution in [3.05, 3.63) is 91.6 Å². The molecule has 132 valence electrons. The van der Waals surface area contributed by atoms with Crippen LogP contribution in [0.25, 0.3) is 22.2 Å². The number of pyridine rings is 2. The van der Waals surface area contributed by atoms with E-state index in [-0.39, 0.29) is 0 Å². The molecule has 6 aromatic rings. The van der Waals surface area contributed by atoms with Crippen molar-refractivity contribution in [3.8, 4) is 0 Å². The van der Waals surface area contributed by atoms with Crippen molar-refractivity contribution in [2.45, 2.75) is 0 Å². The third-order valence-electron chi connectivity index (χ3n) is 3.71. The van der Waals surface area contributed by atoms with Crippen molar-refractivity contribution in [2.24, 2.45) is 0 Å². The molecule has 1 aromatic carbocycles. The molecule has 8 heteroatoms. The molecule has 5 aromatic heterocycles. The lowest BCUT2D eigenvalue weighted by atomic mass is 10.3. The summed E-state index contributed by atoms with van der Waals surface area (Å²) in [4.78, 5) is 3.97. The highest BCUT2D eigenvalue weighted by Gasteiger charge is 1.90. The Bertz CT molecular complexity index is 1000. The van der Waals surface area contributed by atoms with E-state index in [0.717, 1.165) is 22.2 Å². The first-order valence-electron chi connectivity index (χ1n) is 8.28. The summed E-state index contributed by atoms with van der Waals surface area (Å²) in [5, 5.41) is 18.3. The number of H-pyrrole nitrogens is 1. The van der Waals surface area contributed by atoms with Crippen molar-refractivity contribution in [1.82, 2.24) is 39.6 Å². The van der Waals surface area contributed by atoms with Crippen molar-refractivity contribution < 1.29 is 0 Å². The monoisotopic (exact) mass is 356 g/mol. The highest BCUT2D eigenvalue weighted by molar-refractivity contribution is 5.72. The smallest absolute Gasteiger partial charge is 0.155 e. The van der Waals surface area contributed by atoms with Gasteiger partial charge >= 0.3 is 0 Å². The third kappa shape index (κ3) is 3.96. The van der Waals surface area contributed by atoms with Crippen LogP contribution < -0.4 is 0 Å². The van der Waals surface area contributed by atoms with Gasteiger partial charge in [0.05, 0.1) is 5.52 Å². The Balaban J connectivity index is 0.0000001000.